The molecule has 2 aromatic rings. The topological polar surface area (TPSA) is 21.3 Å². The van der Waals surface area contributed by atoms with Gasteiger partial charge in [0.2, 0.25) is 0 Å². The van der Waals surface area contributed by atoms with Crippen molar-refractivity contribution >= 4 is 0 Å². The summed E-state index contributed by atoms with van der Waals surface area (Å²) in [4.78, 5) is 0. The summed E-state index contributed by atoms with van der Waals surface area (Å²) in [6.45, 7) is 3.87. The third kappa shape index (κ3) is 4.35. The van der Waals surface area contributed by atoms with Gasteiger partial charge in [-0.25, -0.2) is 4.39 Å². The molecule has 0 aliphatic heterocycles. The van der Waals surface area contributed by atoms with Crippen LogP contribution in [0.1, 0.15) is 25.0 Å². The lowest BCUT2D eigenvalue weighted by atomic mass is 10.1. The molecule has 2 aromatic carbocycles. The lowest BCUT2D eigenvalue weighted by Crippen LogP contribution is -2.19. The third-order valence-corrected chi connectivity index (χ3v) is 3.08. The average Bonchev–Trinajstić information content (AvgIpc) is 2.47. The fraction of sp³-hybridized carbons (Fsp3) is 0.294. The SMILES string of the molecule is CCNCC[C@@H](Oc1cccc(F)c1)c1ccccc1. The molecule has 20 heavy (non-hydrogen) atoms. The normalized spacial score (nSPS) is 12.1. The number of rotatable bonds is 7. The quantitative estimate of drug-likeness (QED) is 0.771. The Morgan fingerprint density at radius 2 is 1.90 bits per heavy atom. The second kappa shape index (κ2) is 7.65. The van der Waals surface area contributed by atoms with Gasteiger partial charge in [0.25, 0.3) is 0 Å². The Balaban J connectivity index is 2.10. The minimum absolute atomic E-state index is 0.0722. The Morgan fingerprint density at radius 3 is 2.60 bits per heavy atom. The van der Waals surface area contributed by atoms with Crippen LogP contribution in [-0.4, -0.2) is 13.1 Å². The van der Waals surface area contributed by atoms with Crippen LogP contribution in [0, 0.1) is 5.82 Å². The molecule has 1 atom stereocenters. The van der Waals surface area contributed by atoms with E-state index in [0.29, 0.717) is 5.75 Å². The molecule has 0 aromatic heterocycles. The second-order valence-corrected chi connectivity index (χ2v) is 4.62. The van der Waals surface area contributed by atoms with E-state index in [4.69, 9.17) is 4.74 Å². The third-order valence-electron chi connectivity index (χ3n) is 3.08. The number of benzene rings is 2. The summed E-state index contributed by atoms with van der Waals surface area (Å²) in [6, 6.07) is 16.3. The number of halogens is 1. The molecule has 0 amide bonds. The summed E-state index contributed by atoms with van der Waals surface area (Å²) < 4.78 is 19.2. The van der Waals surface area contributed by atoms with Crippen molar-refractivity contribution in [3.63, 3.8) is 0 Å². The minimum Gasteiger partial charge on any atom is -0.486 e. The predicted molar refractivity (Wildman–Crippen MR) is 79.4 cm³/mol. The molecule has 0 radical (unpaired) electrons. The molecule has 2 nitrogen and oxygen atoms in total. The molecule has 0 saturated carbocycles. The molecule has 0 fully saturated rings. The van der Waals surface area contributed by atoms with Gasteiger partial charge in [0.15, 0.2) is 0 Å². The van der Waals surface area contributed by atoms with Crippen molar-refractivity contribution in [3.05, 3.63) is 66.0 Å². The van der Waals surface area contributed by atoms with Gasteiger partial charge in [-0.3, -0.25) is 0 Å². The summed E-state index contributed by atoms with van der Waals surface area (Å²) in [5.41, 5.74) is 1.11. The van der Waals surface area contributed by atoms with Gasteiger partial charge in [0, 0.05) is 12.5 Å². The molecular weight excluding hydrogens is 253 g/mol. The monoisotopic (exact) mass is 273 g/mol. The van der Waals surface area contributed by atoms with Crippen LogP contribution < -0.4 is 10.1 Å². The fourth-order valence-corrected chi connectivity index (χ4v) is 2.08. The first-order chi connectivity index (χ1) is 9.79. The highest BCUT2D eigenvalue weighted by Crippen LogP contribution is 2.24. The zero-order valence-electron chi connectivity index (χ0n) is 11.7. The number of hydrogen-bond acceptors (Lipinski definition) is 2. The maximum atomic E-state index is 13.2. The van der Waals surface area contributed by atoms with Gasteiger partial charge in [-0.1, -0.05) is 43.3 Å². The minimum atomic E-state index is -0.277. The van der Waals surface area contributed by atoms with E-state index in [9.17, 15) is 4.39 Å². The molecule has 0 aliphatic carbocycles. The van der Waals surface area contributed by atoms with E-state index in [1.807, 2.05) is 30.3 Å². The largest absolute Gasteiger partial charge is 0.486 e. The van der Waals surface area contributed by atoms with Crippen LogP contribution in [0.4, 0.5) is 4.39 Å². The van der Waals surface area contributed by atoms with E-state index in [0.717, 1.165) is 25.1 Å². The van der Waals surface area contributed by atoms with Crippen LogP contribution in [0.15, 0.2) is 54.6 Å². The molecule has 3 heteroatoms. The number of hydrogen-bond donors (Lipinski definition) is 1. The van der Waals surface area contributed by atoms with Crippen LogP contribution in [0.25, 0.3) is 0 Å². The van der Waals surface area contributed by atoms with Crippen molar-refractivity contribution in [2.45, 2.75) is 19.4 Å². The molecule has 106 valence electrons. The second-order valence-electron chi connectivity index (χ2n) is 4.62. The van der Waals surface area contributed by atoms with Crippen LogP contribution in [0.3, 0.4) is 0 Å². The van der Waals surface area contributed by atoms with Crippen LogP contribution in [-0.2, 0) is 0 Å². The average molecular weight is 273 g/mol. The van der Waals surface area contributed by atoms with E-state index < -0.39 is 0 Å². The van der Waals surface area contributed by atoms with Gasteiger partial charge in [0.05, 0.1) is 0 Å². The predicted octanol–water partition coefficient (Wildman–Crippen LogP) is 3.95. The van der Waals surface area contributed by atoms with Crippen molar-refractivity contribution in [2.75, 3.05) is 13.1 Å². The number of ether oxygens (including phenoxy) is 1. The summed E-state index contributed by atoms with van der Waals surface area (Å²) in [5, 5.41) is 3.29. The molecule has 0 aliphatic rings. The zero-order chi connectivity index (χ0) is 14.2. The van der Waals surface area contributed by atoms with Crippen LogP contribution in [0.2, 0.25) is 0 Å². The lowest BCUT2D eigenvalue weighted by Gasteiger charge is -2.20. The molecular formula is C17H20FNO. The maximum Gasteiger partial charge on any atom is 0.126 e. The molecule has 0 unspecified atom stereocenters. The van der Waals surface area contributed by atoms with Gasteiger partial charge < -0.3 is 10.1 Å². The van der Waals surface area contributed by atoms with Crippen LogP contribution >= 0.6 is 0 Å². The molecule has 0 heterocycles. The van der Waals surface area contributed by atoms with E-state index in [1.165, 1.54) is 12.1 Å². The first kappa shape index (κ1) is 14.5. The van der Waals surface area contributed by atoms with Crippen molar-refractivity contribution in [1.82, 2.24) is 5.32 Å². The van der Waals surface area contributed by atoms with Crippen molar-refractivity contribution in [2.24, 2.45) is 0 Å². The summed E-state index contributed by atoms with van der Waals surface area (Å²) in [7, 11) is 0. The van der Waals surface area contributed by atoms with Gasteiger partial charge in [-0.05, 0) is 30.8 Å². The molecule has 1 N–H and O–H groups in total. The highest BCUT2D eigenvalue weighted by Gasteiger charge is 2.13. The molecule has 0 spiro atoms. The van der Waals surface area contributed by atoms with E-state index >= 15 is 0 Å². The number of nitrogens with one attached hydrogen (secondary N) is 1. The summed E-state index contributed by atoms with van der Waals surface area (Å²) >= 11 is 0. The molecule has 0 bridgehead atoms. The zero-order valence-corrected chi connectivity index (χ0v) is 11.7. The highest BCUT2D eigenvalue weighted by molar-refractivity contribution is 5.25. The van der Waals surface area contributed by atoms with E-state index in [2.05, 4.69) is 12.2 Å². The Hall–Kier alpha value is -1.87. The molecule has 0 saturated heterocycles. The summed E-state index contributed by atoms with van der Waals surface area (Å²) in [5.74, 6) is 0.288. The van der Waals surface area contributed by atoms with Crippen molar-refractivity contribution in [3.8, 4) is 5.75 Å². The Bertz CT molecular complexity index is 515. The standard InChI is InChI=1S/C17H20FNO/c1-2-19-12-11-17(14-7-4-3-5-8-14)20-16-10-6-9-15(18)13-16/h3-10,13,17,19H,2,11-12H2,1H3/t17-/m1/s1. The Labute approximate surface area is 119 Å². The van der Waals surface area contributed by atoms with Gasteiger partial charge in [0.1, 0.15) is 17.7 Å². The Kier molecular flexibility index (Phi) is 5.56. The Morgan fingerprint density at radius 1 is 1.10 bits per heavy atom. The first-order valence-corrected chi connectivity index (χ1v) is 6.97. The van der Waals surface area contributed by atoms with Gasteiger partial charge >= 0.3 is 0 Å². The first-order valence-electron chi connectivity index (χ1n) is 6.97. The summed E-state index contributed by atoms with van der Waals surface area (Å²) in [6.07, 6.45) is 0.769. The highest BCUT2D eigenvalue weighted by atomic mass is 19.1. The van der Waals surface area contributed by atoms with E-state index in [-0.39, 0.29) is 11.9 Å². The van der Waals surface area contributed by atoms with Crippen LogP contribution in [0.5, 0.6) is 5.75 Å². The van der Waals surface area contributed by atoms with Gasteiger partial charge in [-0.2, -0.15) is 0 Å². The van der Waals surface area contributed by atoms with Crippen molar-refractivity contribution in [1.29, 1.82) is 0 Å². The van der Waals surface area contributed by atoms with E-state index in [1.54, 1.807) is 12.1 Å². The molecule has 2 rings (SSSR count). The smallest absolute Gasteiger partial charge is 0.126 e. The maximum absolute atomic E-state index is 13.2. The van der Waals surface area contributed by atoms with Crippen molar-refractivity contribution < 1.29 is 9.13 Å². The fourth-order valence-electron chi connectivity index (χ4n) is 2.08. The lowest BCUT2D eigenvalue weighted by molar-refractivity contribution is 0.193. The van der Waals surface area contributed by atoms with Gasteiger partial charge in [-0.15, -0.1) is 0 Å².